The molecule has 4 heterocycles. The minimum Gasteiger partial charge on any atom is -0.489 e. The SMILES string of the molecule is O=C1[C@@H]2[C@@H](CC(COc3ccccc3)=C3[C@@H](CC/C(=C/c4ccc(CO)o4)c4ccccc4)OC[C@@H]32)C(=O)N1C1CCN(Cc2ccccc2)CC1. The summed E-state index contributed by atoms with van der Waals surface area (Å²) in [4.78, 5) is 32.7. The molecule has 1 N–H and O–H groups in total. The van der Waals surface area contributed by atoms with Gasteiger partial charge in [-0.05, 0) is 90.3 Å². The van der Waals surface area contributed by atoms with Crippen molar-refractivity contribution >= 4 is 23.5 Å². The Labute approximate surface area is 305 Å². The number of ether oxygens (including phenoxy) is 2. The fourth-order valence-electron chi connectivity index (χ4n) is 8.82. The molecule has 3 fully saturated rings. The molecule has 268 valence electrons. The zero-order valence-corrected chi connectivity index (χ0v) is 29.4. The molecule has 4 atom stereocenters. The summed E-state index contributed by atoms with van der Waals surface area (Å²) in [6.07, 6.45) is 5.35. The van der Waals surface area contributed by atoms with Gasteiger partial charge >= 0.3 is 0 Å². The van der Waals surface area contributed by atoms with Gasteiger partial charge in [0.15, 0.2) is 0 Å². The molecule has 0 spiro atoms. The fraction of sp³-hybridized carbons (Fsp3) is 0.364. The third-order valence-electron chi connectivity index (χ3n) is 11.3. The number of carbonyl (C=O) groups is 2. The average Bonchev–Trinajstić information content (AvgIpc) is 3.90. The van der Waals surface area contributed by atoms with Gasteiger partial charge in [-0.3, -0.25) is 19.4 Å². The number of amides is 2. The summed E-state index contributed by atoms with van der Waals surface area (Å²) in [5.74, 6) is 0.995. The highest BCUT2D eigenvalue weighted by Crippen LogP contribution is 2.51. The van der Waals surface area contributed by atoms with Gasteiger partial charge in [0.2, 0.25) is 11.8 Å². The fourth-order valence-corrected chi connectivity index (χ4v) is 8.82. The van der Waals surface area contributed by atoms with Crippen molar-refractivity contribution in [1.29, 1.82) is 0 Å². The van der Waals surface area contributed by atoms with Crippen molar-refractivity contribution in [2.75, 3.05) is 26.3 Å². The summed E-state index contributed by atoms with van der Waals surface area (Å²) >= 11 is 0. The molecule has 8 nitrogen and oxygen atoms in total. The summed E-state index contributed by atoms with van der Waals surface area (Å²) in [7, 11) is 0. The lowest BCUT2D eigenvalue weighted by atomic mass is 9.69. The number of aliphatic hydroxyl groups excluding tert-OH is 1. The second-order valence-electron chi connectivity index (χ2n) is 14.5. The maximum Gasteiger partial charge on any atom is 0.234 e. The van der Waals surface area contributed by atoms with Crippen LogP contribution in [0.25, 0.3) is 11.6 Å². The van der Waals surface area contributed by atoms with Gasteiger partial charge in [-0.15, -0.1) is 0 Å². The number of piperidine rings is 1. The number of hydrogen-bond donors (Lipinski definition) is 1. The van der Waals surface area contributed by atoms with Gasteiger partial charge in [-0.1, -0.05) is 78.9 Å². The van der Waals surface area contributed by atoms with Crippen molar-refractivity contribution in [3.05, 3.63) is 137 Å². The number of likely N-dealkylation sites (tertiary alicyclic amines) is 2. The Morgan fingerprint density at radius 3 is 2.27 bits per heavy atom. The van der Waals surface area contributed by atoms with Crippen LogP contribution in [0.15, 0.2) is 119 Å². The largest absolute Gasteiger partial charge is 0.489 e. The minimum absolute atomic E-state index is 0.0198. The predicted molar refractivity (Wildman–Crippen MR) is 199 cm³/mol. The molecule has 4 aliphatic rings. The van der Waals surface area contributed by atoms with Crippen molar-refractivity contribution in [1.82, 2.24) is 9.80 Å². The van der Waals surface area contributed by atoms with Crippen molar-refractivity contribution < 1.29 is 28.6 Å². The molecule has 1 aliphatic carbocycles. The van der Waals surface area contributed by atoms with E-state index in [0.717, 1.165) is 60.5 Å². The quantitative estimate of drug-likeness (QED) is 0.124. The molecule has 0 bridgehead atoms. The lowest BCUT2D eigenvalue weighted by Gasteiger charge is -2.36. The van der Waals surface area contributed by atoms with E-state index >= 15 is 0 Å². The number of imide groups is 1. The number of rotatable bonds is 12. The standard InChI is InChI=1S/C44H46N2O6/c47-27-37-18-17-36(52-37)24-32(31-12-6-2-7-13-31)16-19-40-41-33(28-50-35-14-8-3-9-15-35)25-38-42(39(41)29-51-40)44(49)46(43(38)48)34-20-22-45(23-21-34)26-30-10-4-1-5-11-30/h1-15,17-18,24,34,38-40,42,47H,16,19-23,25-29H2/b32-24-/t38-,39+,40-,42-/m1/s1. The van der Waals surface area contributed by atoms with Crippen molar-refractivity contribution in [2.45, 2.75) is 57.4 Å². The first-order chi connectivity index (χ1) is 25.6. The Morgan fingerprint density at radius 2 is 1.56 bits per heavy atom. The molecule has 0 radical (unpaired) electrons. The average molecular weight is 699 g/mol. The van der Waals surface area contributed by atoms with Gasteiger partial charge in [0.1, 0.15) is 30.5 Å². The van der Waals surface area contributed by atoms with Gasteiger partial charge < -0.3 is 19.0 Å². The van der Waals surface area contributed by atoms with Crippen LogP contribution in [0, 0.1) is 17.8 Å². The number of fused-ring (bicyclic) bond motifs is 3. The van der Waals surface area contributed by atoms with E-state index in [0.29, 0.717) is 44.0 Å². The van der Waals surface area contributed by atoms with Crippen molar-refractivity contribution in [3.8, 4) is 5.75 Å². The highest BCUT2D eigenvalue weighted by Gasteiger charge is 2.58. The summed E-state index contributed by atoms with van der Waals surface area (Å²) in [6.45, 7) is 3.22. The van der Waals surface area contributed by atoms with E-state index in [-0.39, 0.29) is 42.4 Å². The van der Waals surface area contributed by atoms with Crippen LogP contribution < -0.4 is 4.74 Å². The van der Waals surface area contributed by atoms with Gasteiger partial charge in [-0.2, -0.15) is 0 Å². The van der Waals surface area contributed by atoms with E-state index in [1.54, 1.807) is 11.0 Å². The molecule has 3 saturated heterocycles. The number of para-hydroxylation sites is 1. The Morgan fingerprint density at radius 1 is 0.846 bits per heavy atom. The molecule has 2 amide bonds. The summed E-state index contributed by atoms with van der Waals surface area (Å²) in [5, 5.41) is 9.55. The van der Waals surface area contributed by atoms with Crippen molar-refractivity contribution in [3.63, 3.8) is 0 Å². The van der Waals surface area contributed by atoms with E-state index in [1.165, 1.54) is 5.56 Å². The van der Waals surface area contributed by atoms with E-state index in [9.17, 15) is 14.7 Å². The van der Waals surface area contributed by atoms with Gasteiger partial charge in [-0.25, -0.2) is 0 Å². The highest BCUT2D eigenvalue weighted by atomic mass is 16.5. The van der Waals surface area contributed by atoms with Crippen LogP contribution in [0.2, 0.25) is 0 Å². The lowest BCUT2D eigenvalue weighted by molar-refractivity contribution is -0.144. The van der Waals surface area contributed by atoms with E-state index in [1.807, 2.05) is 66.7 Å². The van der Waals surface area contributed by atoms with Crippen LogP contribution in [0.1, 0.15) is 54.8 Å². The smallest absolute Gasteiger partial charge is 0.234 e. The topological polar surface area (TPSA) is 92.4 Å². The van der Waals surface area contributed by atoms with Crippen molar-refractivity contribution in [2.24, 2.45) is 17.8 Å². The number of nitrogens with zero attached hydrogens (tertiary/aromatic N) is 2. The number of aliphatic hydroxyl groups is 1. The molecule has 0 unspecified atom stereocenters. The maximum atomic E-state index is 14.4. The first-order valence-corrected chi connectivity index (χ1v) is 18.7. The Kier molecular flexibility index (Phi) is 10.2. The highest BCUT2D eigenvalue weighted by molar-refractivity contribution is 6.06. The Balaban J connectivity index is 1.02. The molecule has 1 aromatic heterocycles. The molecule has 3 aromatic carbocycles. The molecule has 3 aliphatic heterocycles. The second kappa shape index (κ2) is 15.5. The Hall–Kier alpha value is -4.76. The number of allylic oxidation sites excluding steroid dienone is 1. The zero-order valence-electron chi connectivity index (χ0n) is 29.4. The summed E-state index contributed by atoms with van der Waals surface area (Å²) in [6, 6.07) is 34.1. The number of carbonyl (C=O) groups excluding carboxylic acids is 2. The van der Waals surface area contributed by atoms with Gasteiger partial charge in [0, 0.05) is 31.6 Å². The summed E-state index contributed by atoms with van der Waals surface area (Å²) < 4.78 is 18.8. The van der Waals surface area contributed by atoms with Crippen LogP contribution in [0.4, 0.5) is 0 Å². The maximum absolute atomic E-state index is 14.4. The zero-order chi connectivity index (χ0) is 35.4. The third-order valence-corrected chi connectivity index (χ3v) is 11.3. The lowest BCUT2D eigenvalue weighted by Crippen LogP contribution is -2.47. The molecule has 52 heavy (non-hydrogen) atoms. The van der Waals surface area contributed by atoms with Gasteiger partial charge in [0.05, 0.1) is 24.5 Å². The van der Waals surface area contributed by atoms with Crippen LogP contribution in [0.5, 0.6) is 5.75 Å². The first-order valence-electron chi connectivity index (χ1n) is 18.7. The number of benzene rings is 3. The molecule has 8 heteroatoms. The van der Waals surface area contributed by atoms with Crippen LogP contribution >= 0.6 is 0 Å². The predicted octanol–water partition coefficient (Wildman–Crippen LogP) is 7.15. The number of furan rings is 1. The van der Waals surface area contributed by atoms with Crippen LogP contribution in [-0.4, -0.2) is 65.2 Å². The third kappa shape index (κ3) is 7.16. The molecule has 4 aromatic rings. The number of hydrogen-bond acceptors (Lipinski definition) is 7. The normalized spacial score (nSPS) is 24.0. The molecule has 0 saturated carbocycles. The monoisotopic (exact) mass is 698 g/mol. The van der Waals surface area contributed by atoms with E-state index in [4.69, 9.17) is 13.9 Å². The second-order valence-corrected chi connectivity index (χ2v) is 14.5. The molecular weight excluding hydrogens is 652 g/mol. The van der Waals surface area contributed by atoms with E-state index < -0.39 is 5.92 Å². The van der Waals surface area contributed by atoms with Crippen LogP contribution in [0.3, 0.4) is 0 Å². The van der Waals surface area contributed by atoms with Gasteiger partial charge in [0.25, 0.3) is 0 Å². The van der Waals surface area contributed by atoms with Crippen LogP contribution in [-0.2, 0) is 27.5 Å². The summed E-state index contributed by atoms with van der Waals surface area (Å²) in [5.41, 5.74) is 5.70. The Bertz CT molecular complexity index is 1910. The molecular formula is C44H46N2O6. The minimum atomic E-state index is -0.403. The molecule has 8 rings (SSSR count). The first kappa shape index (κ1) is 34.3. The van der Waals surface area contributed by atoms with E-state index in [2.05, 4.69) is 41.3 Å².